The zero-order chi connectivity index (χ0) is 19.4. The molecular formula is C19H13NO5S2. The minimum Gasteiger partial charge on any atom is -0.480 e. The van der Waals surface area contributed by atoms with Crippen LogP contribution in [0.15, 0.2) is 60.3 Å². The summed E-state index contributed by atoms with van der Waals surface area (Å²) in [7, 11) is 0. The largest absolute Gasteiger partial charge is 0.480 e. The van der Waals surface area contributed by atoms with Gasteiger partial charge in [0.25, 0.3) is 0 Å². The number of benzene rings is 2. The average Bonchev–Trinajstić information content (AvgIpc) is 2.89. The number of hydrogen-bond donors (Lipinski definition) is 1. The van der Waals surface area contributed by atoms with Crippen LogP contribution in [0.2, 0.25) is 0 Å². The van der Waals surface area contributed by atoms with Gasteiger partial charge < -0.3 is 14.7 Å². The van der Waals surface area contributed by atoms with Gasteiger partial charge in [0.05, 0.1) is 11.3 Å². The molecule has 2 aromatic rings. The Morgan fingerprint density at radius 3 is 2.59 bits per heavy atom. The van der Waals surface area contributed by atoms with E-state index in [1.165, 1.54) is 11.0 Å². The van der Waals surface area contributed by atoms with Gasteiger partial charge in [-0.1, -0.05) is 42.5 Å². The number of esters is 1. The van der Waals surface area contributed by atoms with E-state index in [2.05, 4.69) is 0 Å². The first-order valence-electron chi connectivity index (χ1n) is 7.78. The highest BCUT2D eigenvalue weighted by molar-refractivity contribution is 8.33. The number of carboxylic acids is 1. The van der Waals surface area contributed by atoms with Crippen molar-refractivity contribution in [2.45, 2.75) is 0 Å². The number of hydrogen-bond acceptors (Lipinski definition) is 6. The fourth-order valence-electron chi connectivity index (χ4n) is 2.38. The molecule has 1 N–H and O–H groups in total. The maximum atomic E-state index is 12.2. The number of carboxylic acid groups (broad SMARTS) is 1. The van der Waals surface area contributed by atoms with E-state index in [-0.39, 0.29) is 15.1 Å². The summed E-state index contributed by atoms with van der Waals surface area (Å²) in [6.45, 7) is -0.397. The first-order chi connectivity index (χ1) is 12.9. The monoisotopic (exact) mass is 399 g/mol. The molecular weight excluding hydrogens is 386 g/mol. The molecule has 1 fully saturated rings. The summed E-state index contributed by atoms with van der Waals surface area (Å²) < 4.78 is 5.55. The van der Waals surface area contributed by atoms with Crippen molar-refractivity contribution < 1.29 is 24.2 Å². The molecule has 0 aromatic heterocycles. The molecule has 8 heteroatoms. The molecule has 0 saturated carbocycles. The third kappa shape index (κ3) is 4.60. The molecule has 1 heterocycles. The predicted octanol–water partition coefficient (Wildman–Crippen LogP) is 3.19. The summed E-state index contributed by atoms with van der Waals surface area (Å²) >= 11 is 5.87. The van der Waals surface area contributed by atoms with E-state index in [0.29, 0.717) is 16.9 Å². The van der Waals surface area contributed by atoms with Crippen molar-refractivity contribution in [2.24, 2.45) is 0 Å². The molecule has 1 aliphatic heterocycles. The lowest BCUT2D eigenvalue weighted by Gasteiger charge is -2.15. The molecule has 2 aromatic carbocycles. The summed E-state index contributed by atoms with van der Waals surface area (Å²) in [4.78, 5) is 36.5. The van der Waals surface area contributed by atoms with Gasteiger partial charge in [0.1, 0.15) is 16.6 Å². The number of nitrogens with zero attached hydrogens (tertiary/aromatic N) is 1. The normalized spacial score (nSPS) is 15.3. The Balaban J connectivity index is 1.83. The Hall–Kier alpha value is -2.97. The van der Waals surface area contributed by atoms with Crippen LogP contribution in [0.1, 0.15) is 15.9 Å². The summed E-state index contributed by atoms with van der Waals surface area (Å²) in [5, 5.41) is 8.68. The van der Waals surface area contributed by atoms with Gasteiger partial charge in [-0.05, 0) is 47.7 Å². The van der Waals surface area contributed by atoms with E-state index in [1.807, 2.05) is 0 Å². The van der Waals surface area contributed by atoms with Crippen LogP contribution in [-0.2, 0) is 9.59 Å². The number of thiocarbonyl (C=S) groups is 1. The highest BCUT2D eigenvalue weighted by atomic mass is 32.2. The fraction of sp³-hybridized carbons (Fsp3) is 0.0526. The highest BCUT2D eigenvalue weighted by Crippen LogP contribution is 2.30. The topological polar surface area (TPSA) is 83.9 Å². The van der Waals surface area contributed by atoms with Crippen LogP contribution in [0.4, 0.5) is 0 Å². The van der Waals surface area contributed by atoms with Crippen LogP contribution in [0.5, 0.6) is 5.75 Å². The Morgan fingerprint density at radius 2 is 1.89 bits per heavy atom. The van der Waals surface area contributed by atoms with Gasteiger partial charge in [-0.2, -0.15) is 0 Å². The number of rotatable bonds is 5. The van der Waals surface area contributed by atoms with Gasteiger partial charge in [0.15, 0.2) is 0 Å². The highest BCUT2D eigenvalue weighted by Gasteiger charge is 2.32. The Bertz CT molecular complexity index is 956. The molecule has 0 amide bonds. The lowest BCUT2D eigenvalue weighted by Crippen LogP contribution is -2.28. The van der Waals surface area contributed by atoms with E-state index in [1.54, 1.807) is 54.6 Å². The summed E-state index contributed by atoms with van der Waals surface area (Å²) in [5.41, 5.74) is 1.18. The quantitative estimate of drug-likeness (QED) is 0.355. The SMILES string of the molecule is O=C(O)CN1C(=S)SC(=O)/C1=C\c1cccc(OC(=O)c2ccccc2)c1. The number of carbonyl (C=O) groups excluding carboxylic acids is 2. The maximum absolute atomic E-state index is 12.2. The van der Waals surface area contributed by atoms with E-state index in [0.717, 1.165) is 11.8 Å². The molecule has 3 rings (SSSR count). The number of thioether (sulfide) groups is 1. The van der Waals surface area contributed by atoms with Crippen molar-refractivity contribution in [2.75, 3.05) is 6.54 Å². The van der Waals surface area contributed by atoms with Gasteiger partial charge in [-0.15, -0.1) is 0 Å². The lowest BCUT2D eigenvalue weighted by atomic mass is 10.1. The third-order valence-corrected chi connectivity index (χ3v) is 4.84. The smallest absolute Gasteiger partial charge is 0.343 e. The van der Waals surface area contributed by atoms with Crippen LogP contribution in [0.3, 0.4) is 0 Å². The molecule has 1 saturated heterocycles. The zero-order valence-electron chi connectivity index (χ0n) is 13.8. The van der Waals surface area contributed by atoms with Gasteiger partial charge in [0.2, 0.25) is 5.12 Å². The Morgan fingerprint density at radius 1 is 1.15 bits per heavy atom. The van der Waals surface area contributed by atoms with Gasteiger partial charge in [0, 0.05) is 0 Å². The first kappa shape index (κ1) is 18.8. The molecule has 0 radical (unpaired) electrons. The Kier molecular flexibility index (Phi) is 5.68. The molecule has 1 aliphatic rings. The third-order valence-electron chi connectivity index (χ3n) is 3.58. The summed E-state index contributed by atoms with van der Waals surface area (Å²) in [5.74, 6) is -1.28. The number of aliphatic carboxylic acids is 1. The standard InChI is InChI=1S/C19H13NO5S2/c21-16(22)11-20-15(18(24)27-19(20)26)10-12-5-4-8-14(9-12)25-17(23)13-6-2-1-3-7-13/h1-10H,11H2,(H,21,22)/b15-10+. The molecule has 136 valence electrons. The van der Waals surface area contributed by atoms with Gasteiger partial charge >= 0.3 is 11.9 Å². The zero-order valence-corrected chi connectivity index (χ0v) is 15.5. The fourth-order valence-corrected chi connectivity index (χ4v) is 3.48. The molecule has 0 unspecified atom stereocenters. The van der Waals surface area contributed by atoms with Crippen LogP contribution < -0.4 is 4.74 Å². The maximum Gasteiger partial charge on any atom is 0.343 e. The molecule has 0 aliphatic carbocycles. The van der Waals surface area contributed by atoms with E-state index in [4.69, 9.17) is 22.1 Å². The van der Waals surface area contributed by atoms with Crippen molar-refractivity contribution >= 4 is 51.4 Å². The average molecular weight is 399 g/mol. The predicted molar refractivity (Wildman–Crippen MR) is 105 cm³/mol. The number of ether oxygens (including phenoxy) is 1. The Labute approximate surface area is 164 Å². The van der Waals surface area contributed by atoms with Crippen molar-refractivity contribution in [3.63, 3.8) is 0 Å². The van der Waals surface area contributed by atoms with Crippen LogP contribution in [-0.4, -0.2) is 37.9 Å². The minimum absolute atomic E-state index is 0.180. The van der Waals surface area contributed by atoms with Crippen molar-refractivity contribution in [1.82, 2.24) is 4.90 Å². The molecule has 0 bridgehead atoms. The van der Waals surface area contributed by atoms with Gasteiger partial charge in [-0.3, -0.25) is 9.59 Å². The summed E-state index contributed by atoms with van der Waals surface area (Å²) in [6.07, 6.45) is 1.53. The minimum atomic E-state index is -1.09. The van der Waals surface area contributed by atoms with Crippen LogP contribution in [0, 0.1) is 0 Å². The molecule has 0 spiro atoms. The number of carbonyl (C=O) groups is 3. The second-order valence-electron chi connectivity index (χ2n) is 5.49. The molecule has 6 nitrogen and oxygen atoms in total. The van der Waals surface area contributed by atoms with Gasteiger partial charge in [-0.25, -0.2) is 4.79 Å². The molecule has 0 atom stereocenters. The lowest BCUT2D eigenvalue weighted by molar-refractivity contribution is -0.137. The van der Waals surface area contributed by atoms with E-state index in [9.17, 15) is 14.4 Å². The second kappa shape index (κ2) is 8.15. The molecule has 27 heavy (non-hydrogen) atoms. The van der Waals surface area contributed by atoms with E-state index < -0.39 is 18.5 Å². The van der Waals surface area contributed by atoms with Crippen LogP contribution in [0.25, 0.3) is 6.08 Å². The van der Waals surface area contributed by atoms with Crippen molar-refractivity contribution in [3.8, 4) is 5.75 Å². The van der Waals surface area contributed by atoms with Crippen molar-refractivity contribution in [3.05, 3.63) is 71.4 Å². The summed E-state index contributed by atoms with van der Waals surface area (Å²) in [6, 6.07) is 15.2. The second-order valence-corrected chi connectivity index (χ2v) is 7.10. The van der Waals surface area contributed by atoms with Crippen LogP contribution >= 0.6 is 24.0 Å². The van der Waals surface area contributed by atoms with Crippen molar-refractivity contribution in [1.29, 1.82) is 0 Å². The van der Waals surface area contributed by atoms with E-state index >= 15 is 0 Å². The first-order valence-corrected chi connectivity index (χ1v) is 9.01.